The van der Waals surface area contributed by atoms with Crippen LogP contribution in [0.3, 0.4) is 0 Å². The number of hydrogen-bond donors (Lipinski definition) is 0. The molecular weight excluding hydrogens is 586 g/mol. The van der Waals surface area contributed by atoms with E-state index in [-0.39, 0.29) is 25.0 Å². The Bertz CT molecular complexity index is 1320. The van der Waals surface area contributed by atoms with E-state index >= 15 is 0 Å². The summed E-state index contributed by atoms with van der Waals surface area (Å²) in [5, 5.41) is 0.959. The lowest BCUT2D eigenvalue weighted by Gasteiger charge is -2.09. The Hall–Kier alpha value is -2.21. The maximum absolute atomic E-state index is 11.7. The number of hydrogen-bond acceptors (Lipinski definition) is 2. The van der Waals surface area contributed by atoms with Crippen LogP contribution in [0.1, 0.15) is 40.6 Å². The zero-order valence-corrected chi connectivity index (χ0v) is 24.6. The minimum atomic E-state index is -0.508. The number of aromatic nitrogens is 2. The molecule has 0 saturated heterocycles. The zero-order chi connectivity index (χ0) is 27.7. The molecule has 0 unspecified atom stereocenters. The number of benzene rings is 2. The summed E-state index contributed by atoms with van der Waals surface area (Å²) in [5.74, 6) is -0.142. The van der Waals surface area contributed by atoms with Crippen molar-refractivity contribution in [1.82, 2.24) is 9.13 Å². The van der Waals surface area contributed by atoms with E-state index in [1.54, 1.807) is 0 Å². The van der Waals surface area contributed by atoms with Gasteiger partial charge in [0.05, 0.1) is 11.8 Å². The Kier molecular flexibility index (Phi) is 14.3. The predicted molar refractivity (Wildman–Crippen MR) is 164 cm³/mol. The second kappa shape index (κ2) is 16.0. The van der Waals surface area contributed by atoms with Crippen molar-refractivity contribution in [3.63, 3.8) is 0 Å². The van der Waals surface area contributed by atoms with E-state index in [1.165, 1.54) is 11.4 Å². The molecule has 4 nitrogen and oxygen atoms in total. The molecule has 0 saturated carbocycles. The molecule has 2 heterocycles. The summed E-state index contributed by atoms with van der Waals surface area (Å²) in [5.41, 5.74) is 7.22. The van der Waals surface area contributed by atoms with Gasteiger partial charge in [0.15, 0.2) is 5.78 Å². The van der Waals surface area contributed by atoms with Gasteiger partial charge >= 0.3 is 0 Å². The highest BCUT2D eigenvalue weighted by Gasteiger charge is 2.15. The van der Waals surface area contributed by atoms with Gasteiger partial charge in [-0.05, 0) is 106 Å². The van der Waals surface area contributed by atoms with Crippen LogP contribution in [-0.4, -0.2) is 31.9 Å². The number of ketones is 1. The van der Waals surface area contributed by atoms with Crippen molar-refractivity contribution in [3.8, 4) is 11.4 Å². The number of Topliss-reactive ketones (excluding diaryl/α,β-unsaturated/α-hetero) is 1. The maximum atomic E-state index is 11.7. The number of alkyl halides is 2. The Balaban J connectivity index is 0.000000322. The smallest absolute Gasteiger partial charge is 0.236 e. The van der Waals surface area contributed by atoms with Gasteiger partial charge in [-0.2, -0.15) is 0 Å². The van der Waals surface area contributed by atoms with Gasteiger partial charge in [0, 0.05) is 49.8 Å². The summed E-state index contributed by atoms with van der Waals surface area (Å²) in [6.07, 6.45) is 0. The fourth-order valence-corrected chi connectivity index (χ4v) is 4.17. The van der Waals surface area contributed by atoms with Gasteiger partial charge in [-0.3, -0.25) is 9.59 Å². The fourth-order valence-electron chi connectivity index (χ4n) is 3.77. The summed E-state index contributed by atoms with van der Waals surface area (Å²) in [7, 11) is 0. The molecule has 0 radical (unpaired) electrons. The van der Waals surface area contributed by atoms with Crippen LogP contribution >= 0.6 is 58.0 Å². The van der Waals surface area contributed by atoms with E-state index in [9.17, 15) is 9.59 Å². The number of nitrogens with zero attached hydrogens (tertiary/aromatic N) is 2. The van der Waals surface area contributed by atoms with Crippen LogP contribution in [0, 0.1) is 27.7 Å². The van der Waals surface area contributed by atoms with E-state index < -0.39 is 5.24 Å². The van der Waals surface area contributed by atoms with Crippen molar-refractivity contribution in [2.45, 2.75) is 35.1 Å². The summed E-state index contributed by atoms with van der Waals surface area (Å²) in [6, 6.07) is 21.5. The van der Waals surface area contributed by atoms with Gasteiger partial charge < -0.3 is 9.13 Å². The topological polar surface area (TPSA) is 44.0 Å². The predicted octanol–water partition coefficient (Wildman–Crippen LogP) is 9.54. The van der Waals surface area contributed by atoms with Crippen molar-refractivity contribution in [3.05, 3.63) is 105 Å². The van der Waals surface area contributed by atoms with Gasteiger partial charge in [-0.25, -0.2) is 0 Å². The van der Waals surface area contributed by atoms with Crippen LogP contribution < -0.4 is 0 Å². The Morgan fingerprint density at radius 3 is 1.42 bits per heavy atom. The molecule has 0 aliphatic rings. The first-order chi connectivity index (χ1) is 17.5. The van der Waals surface area contributed by atoms with Crippen LogP contribution in [-0.2, 0) is 4.79 Å². The van der Waals surface area contributed by atoms with E-state index in [0.717, 1.165) is 27.8 Å². The van der Waals surface area contributed by atoms with Crippen molar-refractivity contribution < 1.29 is 9.59 Å². The third-order valence-corrected chi connectivity index (χ3v) is 6.66. The van der Waals surface area contributed by atoms with Crippen LogP contribution in [0.5, 0.6) is 0 Å². The summed E-state index contributed by atoms with van der Waals surface area (Å²) in [4.78, 5) is 21.2. The van der Waals surface area contributed by atoms with E-state index in [4.69, 9.17) is 58.0 Å². The molecule has 4 rings (SSSR count). The van der Waals surface area contributed by atoms with Crippen LogP contribution in [0.2, 0.25) is 10.0 Å². The van der Waals surface area contributed by atoms with Gasteiger partial charge in [0.2, 0.25) is 5.24 Å². The number of halogens is 5. The number of carbonyl (C=O) groups is 2. The molecule has 0 atom stereocenters. The molecule has 9 heteroatoms. The number of carbonyl (C=O) groups excluding carboxylic acids is 2. The van der Waals surface area contributed by atoms with Crippen molar-refractivity contribution in [1.29, 1.82) is 0 Å². The minimum Gasteiger partial charge on any atom is -0.319 e. The lowest BCUT2D eigenvalue weighted by molar-refractivity contribution is -0.109. The van der Waals surface area contributed by atoms with Crippen LogP contribution in [0.25, 0.3) is 11.4 Å². The van der Waals surface area contributed by atoms with E-state index in [1.807, 2.05) is 73.0 Å². The number of rotatable bonds is 5. The lowest BCUT2D eigenvalue weighted by Crippen LogP contribution is -2.04. The monoisotopic (exact) mass is 614 g/mol. The molecule has 38 heavy (non-hydrogen) atoms. The third-order valence-electron chi connectivity index (χ3n) is 5.40. The van der Waals surface area contributed by atoms with E-state index in [0.29, 0.717) is 10.6 Å². The average Bonchev–Trinajstić information content (AvgIpc) is 3.37. The third kappa shape index (κ3) is 9.21. The van der Waals surface area contributed by atoms with Crippen molar-refractivity contribution in [2.75, 3.05) is 11.8 Å². The van der Waals surface area contributed by atoms with Gasteiger partial charge in [-0.1, -0.05) is 30.6 Å². The molecular formula is C29H31Cl5N2O2. The highest BCUT2D eigenvalue weighted by atomic mass is 35.5. The maximum Gasteiger partial charge on any atom is 0.236 e. The van der Waals surface area contributed by atoms with E-state index in [2.05, 4.69) is 30.5 Å². The normalized spacial score (nSPS) is 9.92. The Morgan fingerprint density at radius 1 is 0.658 bits per heavy atom. The molecule has 0 aliphatic carbocycles. The second-order valence-corrected chi connectivity index (χ2v) is 9.90. The fraction of sp³-hybridized carbons (Fsp3) is 0.241. The molecule has 0 bridgehead atoms. The highest BCUT2D eigenvalue weighted by Crippen LogP contribution is 2.23. The zero-order valence-electron chi connectivity index (χ0n) is 20.9. The molecule has 2 aromatic carbocycles. The first-order valence-corrected chi connectivity index (χ1v) is 13.4. The van der Waals surface area contributed by atoms with Crippen LogP contribution in [0.15, 0.2) is 66.7 Å². The van der Waals surface area contributed by atoms with Gasteiger partial charge in [-0.15, -0.1) is 23.2 Å². The molecule has 0 amide bonds. The van der Waals surface area contributed by atoms with Crippen molar-refractivity contribution in [2.24, 2.45) is 0 Å². The average molecular weight is 617 g/mol. The molecule has 204 valence electrons. The summed E-state index contributed by atoms with van der Waals surface area (Å²) >= 11 is 26.9. The van der Waals surface area contributed by atoms with Crippen molar-refractivity contribution >= 4 is 69.0 Å². The largest absolute Gasteiger partial charge is 0.319 e. The molecule has 0 aliphatic heterocycles. The van der Waals surface area contributed by atoms with Gasteiger partial charge in [0.25, 0.3) is 0 Å². The highest BCUT2D eigenvalue weighted by molar-refractivity contribution is 6.67. The first kappa shape index (κ1) is 33.8. The second-order valence-electron chi connectivity index (χ2n) is 8.07. The van der Waals surface area contributed by atoms with Crippen LogP contribution in [0.4, 0.5) is 0 Å². The summed E-state index contributed by atoms with van der Waals surface area (Å²) in [6.45, 7) is 8.08. The lowest BCUT2D eigenvalue weighted by atomic mass is 10.2. The minimum absolute atomic E-state index is 0. The Morgan fingerprint density at radius 2 is 1.05 bits per heavy atom. The standard InChI is InChI=1S/C14H13Cl2NO.C12H12ClN.C2H2Cl2O.CH4/c1-9-7-13(14(18)8-15)10(2)17(9)12-5-3-11(16)4-6-12;1-9-3-4-10(2)14(9)12-7-5-11(13)6-8-12;3-1-2(4)5;/h3-7H,8H2,1-2H3;3-8H,1-2H3;1H2;1H4. The molecule has 0 N–H and O–H groups in total. The molecule has 4 aromatic rings. The molecule has 2 aromatic heterocycles. The molecule has 0 spiro atoms. The first-order valence-electron chi connectivity index (χ1n) is 11.2. The quantitative estimate of drug-likeness (QED) is 0.127. The molecule has 0 fully saturated rings. The summed E-state index contributed by atoms with van der Waals surface area (Å²) < 4.78 is 4.23. The number of aryl methyl sites for hydroxylation is 3. The Labute approximate surface area is 250 Å². The van der Waals surface area contributed by atoms with Gasteiger partial charge in [0.1, 0.15) is 0 Å². The SMILES string of the molecule is C.Cc1cc(C(=O)CCl)c(C)n1-c1ccc(Cl)cc1.Cc1ccc(C)n1-c1ccc(Cl)cc1.O=C(Cl)CCl.